The second kappa shape index (κ2) is 10.4. The molecule has 0 saturated carbocycles. The highest BCUT2D eigenvalue weighted by Crippen LogP contribution is 2.37. The summed E-state index contributed by atoms with van der Waals surface area (Å²) in [5.74, 6) is -5.14. The van der Waals surface area contributed by atoms with Gasteiger partial charge in [-0.25, -0.2) is 18.6 Å². The molecule has 41 heavy (non-hydrogen) atoms. The maximum atomic E-state index is 15.0. The highest BCUT2D eigenvalue weighted by atomic mass is 31.2. The third-order valence-corrected chi connectivity index (χ3v) is 6.25. The van der Waals surface area contributed by atoms with Crippen molar-refractivity contribution in [3.05, 3.63) is 69.3 Å². The number of nitrogens with one attached hydrogen (secondary N) is 1. The van der Waals surface area contributed by atoms with Crippen LogP contribution in [0.3, 0.4) is 0 Å². The fourth-order valence-electron chi connectivity index (χ4n) is 4.06. The molecule has 0 bridgehead atoms. The molecule has 0 amide bonds. The van der Waals surface area contributed by atoms with Crippen molar-refractivity contribution in [3.63, 3.8) is 0 Å². The first kappa shape index (κ1) is 28.5. The summed E-state index contributed by atoms with van der Waals surface area (Å²) in [5, 5.41) is 3.97. The number of rotatable bonds is 7. The van der Waals surface area contributed by atoms with Crippen molar-refractivity contribution in [1.82, 2.24) is 29.1 Å². The van der Waals surface area contributed by atoms with Gasteiger partial charge in [0.05, 0.1) is 30.5 Å². The van der Waals surface area contributed by atoms with Crippen LogP contribution in [0.25, 0.3) is 16.9 Å². The van der Waals surface area contributed by atoms with Crippen LogP contribution in [0.4, 0.5) is 32.0 Å². The van der Waals surface area contributed by atoms with E-state index in [1.54, 1.807) is 0 Å². The lowest BCUT2D eigenvalue weighted by molar-refractivity contribution is -0.141. The lowest BCUT2D eigenvalue weighted by atomic mass is 10.2. The lowest BCUT2D eigenvalue weighted by Gasteiger charge is -2.20. The summed E-state index contributed by atoms with van der Waals surface area (Å²) in [6.45, 7) is -2.31. The normalized spacial score (nSPS) is 17.1. The smallest absolute Gasteiger partial charge is 0.433 e. The van der Waals surface area contributed by atoms with Crippen LogP contribution < -0.4 is 20.9 Å². The summed E-state index contributed by atoms with van der Waals surface area (Å²) < 4.78 is 94.8. The van der Waals surface area contributed by atoms with E-state index in [4.69, 9.17) is 14.5 Å². The molecule has 5 rings (SSSR count). The predicted molar refractivity (Wildman–Crippen MR) is 127 cm³/mol. The fourth-order valence-corrected chi connectivity index (χ4v) is 4.28. The minimum atomic E-state index is -4.83. The Bertz CT molecular complexity index is 1730. The Balaban J connectivity index is 1.52. The molecular formula is C21H16F6N7O6P. The molecule has 4 aromatic rings. The van der Waals surface area contributed by atoms with Crippen LogP contribution in [0.5, 0.6) is 5.75 Å². The second-order valence-electron chi connectivity index (χ2n) is 8.64. The van der Waals surface area contributed by atoms with Crippen LogP contribution in [0, 0.1) is 5.95 Å². The second-order valence-corrected chi connectivity index (χ2v) is 9.40. The predicted octanol–water partition coefficient (Wildman–Crippen LogP) is 1.89. The molecule has 1 aliphatic heterocycles. The molecule has 0 spiro atoms. The van der Waals surface area contributed by atoms with Crippen molar-refractivity contribution in [2.45, 2.75) is 24.9 Å². The number of ether oxygens (including phenoxy) is 1. The van der Waals surface area contributed by atoms with Gasteiger partial charge in [0, 0.05) is 18.5 Å². The van der Waals surface area contributed by atoms with E-state index < -0.39 is 75.3 Å². The number of hydrogen-bond donors (Lipinski definition) is 3. The maximum absolute atomic E-state index is 15.0. The van der Waals surface area contributed by atoms with E-state index in [0.29, 0.717) is 10.6 Å². The highest BCUT2D eigenvalue weighted by Gasteiger charge is 2.51. The molecule has 4 aromatic heterocycles. The number of imidazole rings is 1. The quantitative estimate of drug-likeness (QED) is 0.209. The van der Waals surface area contributed by atoms with Crippen LogP contribution in [0.1, 0.15) is 5.69 Å². The number of nitrogens with zero attached hydrogens (tertiary/aromatic N) is 6. The number of pyridine rings is 1. The van der Waals surface area contributed by atoms with Crippen molar-refractivity contribution in [1.29, 1.82) is 0 Å². The Morgan fingerprint density at radius 2 is 1.95 bits per heavy atom. The van der Waals surface area contributed by atoms with Crippen molar-refractivity contribution < 1.29 is 45.4 Å². The number of alkyl halides is 5. The molecule has 0 aromatic carbocycles. The number of halogens is 6. The molecule has 1 fully saturated rings. The summed E-state index contributed by atoms with van der Waals surface area (Å²) in [7, 11) is -2.86. The molecule has 1 saturated heterocycles. The minimum Gasteiger partial charge on any atom is -0.482 e. The molecular weight excluding hydrogens is 591 g/mol. The largest absolute Gasteiger partial charge is 0.482 e. The third kappa shape index (κ3) is 5.74. The third-order valence-electron chi connectivity index (χ3n) is 5.91. The monoisotopic (exact) mass is 607 g/mol. The van der Waals surface area contributed by atoms with Crippen molar-refractivity contribution in [2.24, 2.45) is 0 Å². The molecule has 0 radical (unpaired) electrons. The van der Waals surface area contributed by atoms with Gasteiger partial charge in [-0.15, -0.1) is 0 Å². The van der Waals surface area contributed by atoms with E-state index in [-0.39, 0.29) is 22.6 Å². The van der Waals surface area contributed by atoms with Crippen LogP contribution in [0.2, 0.25) is 0 Å². The van der Waals surface area contributed by atoms with Gasteiger partial charge in [0.1, 0.15) is 23.9 Å². The summed E-state index contributed by atoms with van der Waals surface area (Å²) >= 11 is 0. The van der Waals surface area contributed by atoms with Gasteiger partial charge in [0.2, 0.25) is 5.95 Å². The van der Waals surface area contributed by atoms with Gasteiger partial charge in [0.15, 0.2) is 11.8 Å². The standard InChI is InChI=1S/C21H16F6N7O6P/c22-16-5-29-17-13(4-12(31-34(16)17)11-6-33(9-39-41(37)38)19(36)30-18(11)35)32-7-15(20(23,24)8-32)40-10-1-2-28-14(3-10)21(25,26)27/h1-6,15,37-38H,7-9H2,(H,30,35,36). The summed E-state index contributed by atoms with van der Waals surface area (Å²) in [4.78, 5) is 52.5. The van der Waals surface area contributed by atoms with E-state index in [1.165, 1.54) is 0 Å². The molecule has 3 N–H and O–H groups in total. The molecule has 1 aliphatic rings. The summed E-state index contributed by atoms with van der Waals surface area (Å²) in [6, 6.07) is 2.59. The Kier molecular flexibility index (Phi) is 7.22. The summed E-state index contributed by atoms with van der Waals surface area (Å²) in [6.07, 6.45) is -4.34. The van der Waals surface area contributed by atoms with Crippen molar-refractivity contribution >= 4 is 19.9 Å². The zero-order valence-electron chi connectivity index (χ0n) is 20.1. The lowest BCUT2D eigenvalue weighted by Crippen LogP contribution is -2.36. The van der Waals surface area contributed by atoms with Gasteiger partial charge >= 0.3 is 26.4 Å². The first-order valence-electron chi connectivity index (χ1n) is 11.2. The van der Waals surface area contributed by atoms with Crippen LogP contribution in [0.15, 0.2) is 46.4 Å². The fraction of sp³-hybridized carbons (Fsp3) is 0.286. The number of H-pyrrole nitrogens is 1. The Labute approximate surface area is 224 Å². The molecule has 0 aliphatic carbocycles. The molecule has 20 heteroatoms. The van der Waals surface area contributed by atoms with E-state index in [9.17, 15) is 27.2 Å². The number of aromatic nitrogens is 6. The Morgan fingerprint density at radius 3 is 2.66 bits per heavy atom. The maximum Gasteiger partial charge on any atom is 0.433 e. The van der Waals surface area contributed by atoms with Gasteiger partial charge in [-0.2, -0.15) is 27.2 Å². The van der Waals surface area contributed by atoms with E-state index in [0.717, 1.165) is 40.2 Å². The zero-order valence-corrected chi connectivity index (χ0v) is 21.0. The van der Waals surface area contributed by atoms with Gasteiger partial charge in [-0.1, -0.05) is 0 Å². The average Bonchev–Trinajstić information content (AvgIpc) is 3.41. The first-order chi connectivity index (χ1) is 19.2. The number of fused-ring (bicyclic) bond motifs is 1. The molecule has 13 nitrogen and oxygen atoms in total. The molecule has 218 valence electrons. The Hall–Kier alpha value is -4.06. The first-order valence-corrected chi connectivity index (χ1v) is 12.4. The Morgan fingerprint density at radius 1 is 1.20 bits per heavy atom. The van der Waals surface area contributed by atoms with Crippen LogP contribution in [-0.4, -0.2) is 64.0 Å². The highest BCUT2D eigenvalue weighted by molar-refractivity contribution is 7.39. The molecule has 1 atom stereocenters. The van der Waals surface area contributed by atoms with Gasteiger partial charge in [-0.05, 0) is 12.1 Å². The zero-order chi connectivity index (χ0) is 29.7. The van der Waals surface area contributed by atoms with Crippen molar-refractivity contribution in [3.8, 4) is 17.0 Å². The average molecular weight is 607 g/mol. The van der Waals surface area contributed by atoms with E-state index >= 15 is 8.78 Å². The van der Waals surface area contributed by atoms with Crippen LogP contribution >= 0.6 is 8.60 Å². The minimum absolute atomic E-state index is 0.141. The summed E-state index contributed by atoms with van der Waals surface area (Å²) in [5.41, 5.74) is -4.34. The van der Waals surface area contributed by atoms with Crippen molar-refractivity contribution in [2.75, 3.05) is 18.0 Å². The number of hydrogen-bond acceptors (Lipinski definition) is 10. The van der Waals surface area contributed by atoms with Gasteiger partial charge < -0.3 is 19.4 Å². The van der Waals surface area contributed by atoms with E-state index in [2.05, 4.69) is 19.6 Å². The van der Waals surface area contributed by atoms with Gasteiger partial charge in [0.25, 0.3) is 5.56 Å². The van der Waals surface area contributed by atoms with Gasteiger partial charge in [-0.3, -0.25) is 23.9 Å². The molecule has 5 heterocycles. The number of aromatic amines is 1. The topological polar surface area (TPSA) is 160 Å². The van der Waals surface area contributed by atoms with Crippen LogP contribution in [-0.2, 0) is 17.4 Å². The SMILES string of the molecule is O=c1[nH]c(=O)n(COP(O)O)cc1-c1cc(N2CC(Oc3ccnc(C(F)(F)F)c3)C(F)(F)C2)c2ncc(F)n2n1. The number of anilines is 1. The van der Waals surface area contributed by atoms with E-state index in [1.807, 2.05) is 4.98 Å². The molecule has 1 unspecified atom stereocenters.